The fraction of sp³-hybridized carbons (Fsp3) is 0.636. The van der Waals surface area contributed by atoms with Gasteiger partial charge in [-0.3, -0.25) is 14.4 Å². The molecule has 1 aliphatic heterocycles. The van der Waals surface area contributed by atoms with Gasteiger partial charge in [0.05, 0.1) is 20.0 Å². The van der Waals surface area contributed by atoms with Crippen molar-refractivity contribution in [3.8, 4) is 0 Å². The number of ether oxygens (including phenoxy) is 1. The van der Waals surface area contributed by atoms with Crippen molar-refractivity contribution in [3.63, 3.8) is 0 Å². The number of esters is 1. The second kappa shape index (κ2) is 7.31. The molecule has 1 saturated heterocycles. The number of carboxylic acid groups (broad SMARTS) is 1. The first-order chi connectivity index (χ1) is 9.45. The standard InChI is InChI=1S/C11H17N3O6/c1-20-9(17)2-3-13-11(19)14-5-4-12-10(18)7(14)6-8(15)16/h7H,2-6H2,1H3,(H,12,18)(H,13,19)(H,15,16). The van der Waals surface area contributed by atoms with Crippen LogP contribution in [0.2, 0.25) is 0 Å². The lowest BCUT2D eigenvalue weighted by atomic mass is 10.1. The number of aliphatic carboxylic acids is 1. The van der Waals surface area contributed by atoms with Crippen molar-refractivity contribution in [2.75, 3.05) is 26.7 Å². The summed E-state index contributed by atoms with van der Waals surface area (Å²) < 4.78 is 4.42. The van der Waals surface area contributed by atoms with Gasteiger partial charge in [-0.25, -0.2) is 4.79 Å². The highest BCUT2D eigenvalue weighted by Gasteiger charge is 2.34. The maximum atomic E-state index is 11.9. The van der Waals surface area contributed by atoms with Crippen LogP contribution in [0.1, 0.15) is 12.8 Å². The number of carbonyl (C=O) groups excluding carboxylic acids is 3. The van der Waals surface area contributed by atoms with Crippen LogP contribution in [0.5, 0.6) is 0 Å². The SMILES string of the molecule is COC(=O)CCNC(=O)N1CCNC(=O)C1CC(=O)O. The number of rotatable bonds is 5. The number of nitrogens with zero attached hydrogens (tertiary/aromatic N) is 1. The summed E-state index contributed by atoms with van der Waals surface area (Å²) >= 11 is 0. The second-order valence-electron chi connectivity index (χ2n) is 4.16. The van der Waals surface area contributed by atoms with Gasteiger partial charge in [0.15, 0.2) is 0 Å². The van der Waals surface area contributed by atoms with Crippen LogP contribution in [0.25, 0.3) is 0 Å². The first-order valence-corrected chi connectivity index (χ1v) is 6.06. The summed E-state index contributed by atoms with van der Waals surface area (Å²) in [4.78, 5) is 46.3. The molecule has 0 saturated carbocycles. The Kier molecular flexibility index (Phi) is 5.75. The summed E-state index contributed by atoms with van der Waals surface area (Å²) in [5, 5.41) is 13.7. The minimum absolute atomic E-state index is 0.00583. The first kappa shape index (κ1) is 15.7. The number of methoxy groups -OCH3 is 1. The Balaban J connectivity index is 2.56. The lowest BCUT2D eigenvalue weighted by Gasteiger charge is -2.34. The number of piperazine rings is 1. The quantitative estimate of drug-likeness (QED) is 0.530. The molecule has 1 fully saturated rings. The second-order valence-corrected chi connectivity index (χ2v) is 4.16. The predicted molar refractivity (Wildman–Crippen MR) is 65.8 cm³/mol. The molecule has 0 radical (unpaired) electrons. The Morgan fingerprint density at radius 3 is 2.80 bits per heavy atom. The molecule has 0 bridgehead atoms. The molecule has 20 heavy (non-hydrogen) atoms. The van der Waals surface area contributed by atoms with Crippen molar-refractivity contribution in [1.82, 2.24) is 15.5 Å². The van der Waals surface area contributed by atoms with Crippen molar-refractivity contribution in [2.45, 2.75) is 18.9 Å². The van der Waals surface area contributed by atoms with E-state index in [0.717, 1.165) is 4.90 Å². The lowest BCUT2D eigenvalue weighted by Crippen LogP contribution is -2.60. The third-order valence-corrected chi connectivity index (χ3v) is 2.79. The van der Waals surface area contributed by atoms with Crippen LogP contribution in [-0.2, 0) is 19.1 Å². The van der Waals surface area contributed by atoms with Gasteiger partial charge >= 0.3 is 18.0 Å². The maximum absolute atomic E-state index is 11.9. The van der Waals surface area contributed by atoms with E-state index < -0.39 is 36.3 Å². The third kappa shape index (κ3) is 4.41. The number of urea groups is 1. The molecule has 1 atom stereocenters. The number of hydrogen-bond acceptors (Lipinski definition) is 5. The van der Waals surface area contributed by atoms with Crippen molar-refractivity contribution in [3.05, 3.63) is 0 Å². The third-order valence-electron chi connectivity index (χ3n) is 2.79. The van der Waals surface area contributed by atoms with E-state index in [1.807, 2.05) is 0 Å². The number of amides is 3. The molecular weight excluding hydrogens is 270 g/mol. The Bertz CT molecular complexity index is 411. The monoisotopic (exact) mass is 287 g/mol. The van der Waals surface area contributed by atoms with E-state index in [2.05, 4.69) is 15.4 Å². The van der Waals surface area contributed by atoms with Crippen LogP contribution in [0, 0.1) is 0 Å². The molecule has 0 spiro atoms. The van der Waals surface area contributed by atoms with Gasteiger partial charge in [-0.2, -0.15) is 0 Å². The van der Waals surface area contributed by atoms with E-state index in [1.54, 1.807) is 0 Å². The highest BCUT2D eigenvalue weighted by atomic mass is 16.5. The van der Waals surface area contributed by atoms with Crippen LogP contribution in [0.3, 0.4) is 0 Å². The van der Waals surface area contributed by atoms with E-state index in [0.29, 0.717) is 0 Å². The summed E-state index contributed by atoms with van der Waals surface area (Å²) in [5.74, 6) is -2.13. The van der Waals surface area contributed by atoms with Gasteiger partial charge in [0.2, 0.25) is 5.91 Å². The molecule has 9 heteroatoms. The summed E-state index contributed by atoms with van der Waals surface area (Å²) in [6.07, 6.45) is -0.456. The Hall–Kier alpha value is -2.32. The fourth-order valence-corrected chi connectivity index (χ4v) is 1.80. The maximum Gasteiger partial charge on any atom is 0.318 e. The van der Waals surface area contributed by atoms with Crippen LogP contribution in [0.4, 0.5) is 4.79 Å². The number of carboxylic acids is 1. The normalized spacial score (nSPS) is 18.1. The molecule has 0 aromatic carbocycles. The average molecular weight is 287 g/mol. The van der Waals surface area contributed by atoms with Crippen molar-refractivity contribution >= 4 is 23.9 Å². The number of nitrogens with one attached hydrogen (secondary N) is 2. The Morgan fingerprint density at radius 1 is 1.50 bits per heavy atom. The molecule has 0 aliphatic carbocycles. The Labute approximate surface area is 115 Å². The van der Waals surface area contributed by atoms with E-state index in [4.69, 9.17) is 5.11 Å². The van der Waals surface area contributed by atoms with E-state index in [9.17, 15) is 19.2 Å². The largest absolute Gasteiger partial charge is 0.481 e. The topological polar surface area (TPSA) is 125 Å². The van der Waals surface area contributed by atoms with Crippen molar-refractivity contribution in [1.29, 1.82) is 0 Å². The minimum Gasteiger partial charge on any atom is -0.481 e. The van der Waals surface area contributed by atoms with Crippen LogP contribution < -0.4 is 10.6 Å². The molecular formula is C11H17N3O6. The van der Waals surface area contributed by atoms with Gasteiger partial charge in [0.25, 0.3) is 0 Å². The highest BCUT2D eigenvalue weighted by Crippen LogP contribution is 2.09. The molecule has 0 aromatic rings. The molecule has 1 aliphatic rings. The molecule has 3 N–H and O–H groups in total. The molecule has 0 aromatic heterocycles. The molecule has 1 rings (SSSR count). The fourth-order valence-electron chi connectivity index (χ4n) is 1.80. The Morgan fingerprint density at radius 2 is 2.20 bits per heavy atom. The molecule has 1 unspecified atom stereocenters. The highest BCUT2D eigenvalue weighted by molar-refractivity contribution is 5.91. The summed E-state index contributed by atoms with van der Waals surface area (Å²) in [6.45, 7) is 0.538. The van der Waals surface area contributed by atoms with E-state index >= 15 is 0 Å². The molecule has 112 valence electrons. The van der Waals surface area contributed by atoms with Gasteiger partial charge in [0, 0.05) is 19.6 Å². The van der Waals surface area contributed by atoms with Gasteiger partial charge < -0.3 is 25.4 Å². The zero-order chi connectivity index (χ0) is 15.1. The zero-order valence-electron chi connectivity index (χ0n) is 11.0. The van der Waals surface area contributed by atoms with Crippen LogP contribution in [0.15, 0.2) is 0 Å². The summed E-state index contributed by atoms with van der Waals surface area (Å²) in [6, 6.07) is -1.62. The van der Waals surface area contributed by atoms with Crippen LogP contribution >= 0.6 is 0 Å². The summed E-state index contributed by atoms with van der Waals surface area (Å²) in [5.41, 5.74) is 0. The number of carbonyl (C=O) groups is 4. The average Bonchev–Trinajstić information content (AvgIpc) is 2.40. The molecule has 9 nitrogen and oxygen atoms in total. The van der Waals surface area contributed by atoms with E-state index in [-0.39, 0.29) is 26.1 Å². The van der Waals surface area contributed by atoms with E-state index in [1.165, 1.54) is 7.11 Å². The zero-order valence-corrected chi connectivity index (χ0v) is 11.0. The smallest absolute Gasteiger partial charge is 0.318 e. The van der Waals surface area contributed by atoms with Crippen molar-refractivity contribution < 1.29 is 29.0 Å². The predicted octanol–water partition coefficient (Wildman–Crippen LogP) is -1.47. The minimum atomic E-state index is -1.17. The summed E-state index contributed by atoms with van der Waals surface area (Å²) in [7, 11) is 1.24. The van der Waals surface area contributed by atoms with Crippen molar-refractivity contribution in [2.24, 2.45) is 0 Å². The van der Waals surface area contributed by atoms with Gasteiger partial charge in [-0.1, -0.05) is 0 Å². The molecule has 3 amide bonds. The van der Waals surface area contributed by atoms with Gasteiger partial charge in [-0.15, -0.1) is 0 Å². The number of hydrogen-bond donors (Lipinski definition) is 3. The molecule has 1 heterocycles. The van der Waals surface area contributed by atoms with Gasteiger partial charge in [-0.05, 0) is 0 Å². The lowest BCUT2D eigenvalue weighted by molar-refractivity contribution is -0.142. The first-order valence-electron chi connectivity index (χ1n) is 6.06. The van der Waals surface area contributed by atoms with Gasteiger partial charge in [0.1, 0.15) is 6.04 Å². The van der Waals surface area contributed by atoms with Crippen LogP contribution in [-0.4, -0.2) is 66.7 Å².